The summed E-state index contributed by atoms with van der Waals surface area (Å²) < 4.78 is 1.97. The lowest BCUT2D eigenvalue weighted by Gasteiger charge is -2.07. The largest absolute Gasteiger partial charge is 0.333 e. The van der Waals surface area contributed by atoms with Crippen molar-refractivity contribution in [3.8, 4) is 0 Å². The normalized spacial score (nSPS) is 10.3. The van der Waals surface area contributed by atoms with Crippen molar-refractivity contribution in [2.24, 2.45) is 0 Å². The van der Waals surface area contributed by atoms with Crippen LogP contribution in [0.3, 0.4) is 0 Å². The van der Waals surface area contributed by atoms with Gasteiger partial charge in [-0.15, -0.1) is 0 Å². The minimum Gasteiger partial charge on any atom is -0.333 e. The summed E-state index contributed by atoms with van der Waals surface area (Å²) in [6.45, 7) is 0.701. The molecule has 3 rings (SSSR count). The maximum absolute atomic E-state index is 12.2. The summed E-state index contributed by atoms with van der Waals surface area (Å²) in [5.74, 6) is -0.103. The Labute approximate surface area is 123 Å². The molecule has 0 aliphatic carbocycles. The van der Waals surface area contributed by atoms with Gasteiger partial charge in [0.1, 0.15) is 0 Å². The van der Waals surface area contributed by atoms with E-state index in [4.69, 9.17) is 0 Å². The van der Waals surface area contributed by atoms with Gasteiger partial charge >= 0.3 is 0 Å². The van der Waals surface area contributed by atoms with Gasteiger partial charge in [-0.3, -0.25) is 4.79 Å². The van der Waals surface area contributed by atoms with E-state index in [1.807, 2.05) is 65.4 Å². The van der Waals surface area contributed by atoms with Crippen LogP contribution in [-0.2, 0) is 6.54 Å². The van der Waals surface area contributed by atoms with E-state index in [0.717, 1.165) is 11.3 Å². The van der Waals surface area contributed by atoms with Crippen molar-refractivity contribution in [2.75, 3.05) is 5.32 Å². The summed E-state index contributed by atoms with van der Waals surface area (Å²) in [5.41, 5.74) is 2.51. The molecule has 0 unspecified atom stereocenters. The number of hydrogen-bond acceptors (Lipinski definition) is 2. The number of benzene rings is 2. The quantitative estimate of drug-likeness (QED) is 0.796. The van der Waals surface area contributed by atoms with Crippen molar-refractivity contribution in [1.29, 1.82) is 0 Å². The topological polar surface area (TPSA) is 46.9 Å². The number of aromatic nitrogens is 2. The number of anilines is 1. The maximum atomic E-state index is 12.2. The van der Waals surface area contributed by atoms with Gasteiger partial charge in [0.25, 0.3) is 5.91 Å². The minimum atomic E-state index is -0.103. The van der Waals surface area contributed by atoms with Crippen LogP contribution in [-0.4, -0.2) is 15.5 Å². The number of carbonyl (C=O) groups is 1. The molecule has 2 aromatic carbocycles. The number of carbonyl (C=O) groups excluding carboxylic acids is 1. The van der Waals surface area contributed by atoms with E-state index in [-0.39, 0.29) is 5.91 Å². The third-order valence-corrected chi connectivity index (χ3v) is 3.15. The molecule has 1 N–H and O–H groups in total. The summed E-state index contributed by atoms with van der Waals surface area (Å²) in [5, 5.41) is 2.89. The molecule has 0 bridgehead atoms. The van der Waals surface area contributed by atoms with Crippen LogP contribution in [0, 0.1) is 0 Å². The lowest BCUT2D eigenvalue weighted by Crippen LogP contribution is -2.12. The van der Waals surface area contributed by atoms with E-state index in [0.29, 0.717) is 12.1 Å². The van der Waals surface area contributed by atoms with Crippen LogP contribution in [0.2, 0.25) is 0 Å². The predicted molar refractivity (Wildman–Crippen MR) is 82.2 cm³/mol. The smallest absolute Gasteiger partial charge is 0.255 e. The molecule has 1 heterocycles. The highest BCUT2D eigenvalue weighted by molar-refractivity contribution is 6.04. The summed E-state index contributed by atoms with van der Waals surface area (Å²) in [6, 6.07) is 17.1. The number of para-hydroxylation sites is 1. The van der Waals surface area contributed by atoms with E-state index < -0.39 is 0 Å². The highest BCUT2D eigenvalue weighted by Gasteiger charge is 2.06. The molecule has 0 fully saturated rings. The maximum Gasteiger partial charge on any atom is 0.255 e. The Morgan fingerprint density at radius 1 is 1.10 bits per heavy atom. The fourth-order valence-electron chi connectivity index (χ4n) is 2.13. The Bertz CT molecular complexity index is 721. The van der Waals surface area contributed by atoms with Crippen LogP contribution in [0.15, 0.2) is 73.3 Å². The van der Waals surface area contributed by atoms with Crippen LogP contribution in [0.25, 0.3) is 0 Å². The molecule has 0 saturated heterocycles. The molecule has 21 heavy (non-hydrogen) atoms. The molecular weight excluding hydrogens is 262 g/mol. The molecule has 0 aliphatic rings. The van der Waals surface area contributed by atoms with E-state index in [1.54, 1.807) is 12.5 Å². The molecule has 4 heteroatoms. The van der Waals surface area contributed by atoms with Crippen molar-refractivity contribution in [3.63, 3.8) is 0 Å². The first-order chi connectivity index (χ1) is 10.3. The predicted octanol–water partition coefficient (Wildman–Crippen LogP) is 3.18. The van der Waals surface area contributed by atoms with Gasteiger partial charge in [0.2, 0.25) is 0 Å². The molecule has 0 spiro atoms. The zero-order chi connectivity index (χ0) is 14.5. The van der Waals surface area contributed by atoms with Gasteiger partial charge in [0.15, 0.2) is 0 Å². The van der Waals surface area contributed by atoms with Crippen LogP contribution in [0.1, 0.15) is 15.9 Å². The molecule has 0 saturated carbocycles. The molecule has 1 amide bonds. The Balaban J connectivity index is 1.74. The summed E-state index contributed by atoms with van der Waals surface area (Å²) in [7, 11) is 0. The van der Waals surface area contributed by atoms with Gasteiger partial charge < -0.3 is 9.88 Å². The van der Waals surface area contributed by atoms with E-state index in [9.17, 15) is 4.79 Å². The zero-order valence-corrected chi connectivity index (χ0v) is 11.4. The fourth-order valence-corrected chi connectivity index (χ4v) is 2.13. The average molecular weight is 277 g/mol. The lowest BCUT2D eigenvalue weighted by molar-refractivity contribution is 0.102. The second kappa shape index (κ2) is 6.05. The number of amides is 1. The second-order valence-corrected chi connectivity index (χ2v) is 4.76. The van der Waals surface area contributed by atoms with E-state index in [2.05, 4.69) is 10.3 Å². The van der Waals surface area contributed by atoms with Crippen LogP contribution in [0.4, 0.5) is 5.69 Å². The molecule has 0 radical (unpaired) electrons. The van der Waals surface area contributed by atoms with Gasteiger partial charge in [0, 0.05) is 30.2 Å². The Hall–Kier alpha value is -2.88. The monoisotopic (exact) mass is 277 g/mol. The van der Waals surface area contributed by atoms with Crippen molar-refractivity contribution in [3.05, 3.63) is 84.4 Å². The van der Waals surface area contributed by atoms with E-state index >= 15 is 0 Å². The second-order valence-electron chi connectivity index (χ2n) is 4.76. The summed E-state index contributed by atoms with van der Waals surface area (Å²) in [6.07, 6.45) is 5.40. The molecule has 1 aromatic heterocycles. The molecule has 0 atom stereocenters. The zero-order valence-electron chi connectivity index (χ0n) is 11.4. The van der Waals surface area contributed by atoms with Crippen LogP contribution >= 0.6 is 0 Å². The van der Waals surface area contributed by atoms with E-state index in [1.165, 1.54) is 0 Å². The standard InChI is InChI=1S/C17H15N3O/c21-17(19-16-7-2-1-3-8-16)15-6-4-5-14(11-15)12-20-10-9-18-13-20/h1-11,13H,12H2,(H,19,21). The first-order valence-electron chi connectivity index (χ1n) is 6.72. The van der Waals surface area contributed by atoms with Crippen molar-refractivity contribution in [1.82, 2.24) is 9.55 Å². The Kier molecular flexibility index (Phi) is 3.78. The molecule has 0 aliphatic heterocycles. The lowest BCUT2D eigenvalue weighted by atomic mass is 10.1. The van der Waals surface area contributed by atoms with Crippen molar-refractivity contribution < 1.29 is 4.79 Å². The van der Waals surface area contributed by atoms with Gasteiger partial charge in [-0.05, 0) is 29.8 Å². The van der Waals surface area contributed by atoms with Gasteiger partial charge in [-0.2, -0.15) is 0 Å². The van der Waals surface area contributed by atoms with Gasteiger partial charge in [0.05, 0.1) is 6.33 Å². The van der Waals surface area contributed by atoms with Crippen LogP contribution < -0.4 is 5.32 Å². The van der Waals surface area contributed by atoms with Crippen LogP contribution in [0.5, 0.6) is 0 Å². The fraction of sp³-hybridized carbons (Fsp3) is 0.0588. The minimum absolute atomic E-state index is 0.103. The van der Waals surface area contributed by atoms with Crippen molar-refractivity contribution in [2.45, 2.75) is 6.54 Å². The number of imidazole rings is 1. The highest BCUT2D eigenvalue weighted by Crippen LogP contribution is 2.11. The third-order valence-electron chi connectivity index (χ3n) is 3.15. The highest BCUT2D eigenvalue weighted by atomic mass is 16.1. The summed E-state index contributed by atoms with van der Waals surface area (Å²) >= 11 is 0. The third kappa shape index (κ3) is 3.36. The Morgan fingerprint density at radius 3 is 2.71 bits per heavy atom. The first kappa shape index (κ1) is 13.1. The SMILES string of the molecule is O=C(Nc1ccccc1)c1cccc(Cn2ccnc2)c1. The molecular formula is C17H15N3O. The number of nitrogens with zero attached hydrogens (tertiary/aromatic N) is 2. The first-order valence-corrected chi connectivity index (χ1v) is 6.72. The number of hydrogen-bond donors (Lipinski definition) is 1. The molecule has 4 nitrogen and oxygen atoms in total. The molecule has 3 aromatic rings. The Morgan fingerprint density at radius 2 is 1.95 bits per heavy atom. The van der Waals surface area contributed by atoms with Crippen molar-refractivity contribution >= 4 is 11.6 Å². The molecule has 104 valence electrons. The summed E-state index contributed by atoms with van der Waals surface area (Å²) in [4.78, 5) is 16.3. The van der Waals surface area contributed by atoms with Gasteiger partial charge in [-0.1, -0.05) is 30.3 Å². The number of nitrogens with one attached hydrogen (secondary N) is 1. The number of rotatable bonds is 4. The average Bonchev–Trinajstić information content (AvgIpc) is 3.01. The van der Waals surface area contributed by atoms with Gasteiger partial charge in [-0.25, -0.2) is 4.98 Å².